The smallest absolute Gasteiger partial charge is 0.249 e. The van der Waals surface area contributed by atoms with E-state index in [4.69, 9.17) is 4.74 Å². The molecular formula is C68H82N6O7. The van der Waals surface area contributed by atoms with E-state index in [0.29, 0.717) is 57.1 Å². The first-order chi connectivity index (χ1) is 39.1. The van der Waals surface area contributed by atoms with Crippen LogP contribution in [0.4, 0.5) is 0 Å². The highest BCUT2D eigenvalue weighted by Crippen LogP contribution is 2.29. The highest BCUT2D eigenvalue weighted by molar-refractivity contribution is 5.93. The van der Waals surface area contributed by atoms with Gasteiger partial charge in [0.2, 0.25) is 35.4 Å². The molecule has 0 bridgehead atoms. The highest BCUT2D eigenvalue weighted by atomic mass is 16.5. The molecule has 0 saturated carbocycles. The lowest BCUT2D eigenvalue weighted by Gasteiger charge is -2.33. The van der Waals surface area contributed by atoms with Crippen molar-refractivity contribution in [2.45, 2.75) is 71.8 Å². The molecule has 13 heteroatoms. The molecule has 13 nitrogen and oxygen atoms in total. The number of carbonyl (C=O) groups is 6. The second-order valence-corrected chi connectivity index (χ2v) is 19.6. The third kappa shape index (κ3) is 21.1. The molecule has 0 spiro atoms. The summed E-state index contributed by atoms with van der Waals surface area (Å²) in [5.74, 6) is -1.44. The number of hydrogen-bond acceptors (Lipinski definition) is 7. The Morgan fingerprint density at radius 1 is 0.469 bits per heavy atom. The fourth-order valence-electron chi connectivity index (χ4n) is 9.12. The van der Waals surface area contributed by atoms with E-state index < -0.39 is 6.04 Å². The van der Waals surface area contributed by atoms with Crippen molar-refractivity contribution in [3.63, 3.8) is 0 Å². The van der Waals surface area contributed by atoms with Crippen LogP contribution < -0.4 is 0 Å². The minimum Gasteiger partial charge on any atom is -0.381 e. The first kappa shape index (κ1) is 64.8. The molecule has 0 aliphatic carbocycles. The van der Waals surface area contributed by atoms with Crippen LogP contribution in [-0.2, 0) is 59.7 Å². The molecule has 1 atom stereocenters. The summed E-state index contributed by atoms with van der Waals surface area (Å²) >= 11 is 0. The number of nitrogens with zero attached hydrogens (tertiary/aromatic N) is 6. The van der Waals surface area contributed by atoms with E-state index in [2.05, 4.69) is 58.7 Å². The van der Waals surface area contributed by atoms with Crippen molar-refractivity contribution in [3.8, 4) is 11.1 Å². The molecule has 0 saturated heterocycles. The standard InChI is InChI=1S/C68H82N6O7/c1-11-38-69(67(79)53(7)8)42-28-37-62(74(39-12-2)68(80)54(9)10)61-36-21-20-33-60(61)52-73(66(78)16-6)44-43-72(65(77)15-5)51-57-32-27-35-59(48-57)58-34-26-31-56(47-58)50-71(64(76)14-4)41-23-25-46-81-45-24-22-40-70(63(75)13-3)49-55-29-18-17-19-30-55/h11-21,26-37,47-48,62H,1-7,9,22-25,38-46,49-52H2,8,10H3/b37-28+. The van der Waals surface area contributed by atoms with Gasteiger partial charge in [0, 0.05) is 96.4 Å². The summed E-state index contributed by atoms with van der Waals surface area (Å²) < 4.78 is 5.93. The number of carbonyl (C=O) groups excluding carboxylic acids is 6. The first-order valence-electron chi connectivity index (χ1n) is 27.4. The number of unbranched alkanes of at least 4 members (excludes halogenated alkanes) is 2. The molecule has 0 radical (unpaired) electrons. The summed E-state index contributed by atoms with van der Waals surface area (Å²) in [5, 5.41) is 0. The molecule has 426 valence electrons. The Morgan fingerprint density at radius 3 is 1.40 bits per heavy atom. The minimum atomic E-state index is -0.653. The second-order valence-electron chi connectivity index (χ2n) is 19.6. The molecule has 81 heavy (non-hydrogen) atoms. The predicted octanol–water partition coefficient (Wildman–Crippen LogP) is 11.2. The van der Waals surface area contributed by atoms with Crippen LogP contribution >= 0.6 is 0 Å². The monoisotopic (exact) mass is 1090 g/mol. The SMILES string of the molecule is C=CCN(C/C=C/C(c1ccccc1CN(CCN(Cc1cccc(-c2cccc(CN(CCCCOCCCCN(Cc3ccccc3)C(=O)C=C)C(=O)C=C)c2)c1)C(=O)C=C)C(=O)C=C)N(CC=C)C(=O)C(=C)C)C(=O)C(=C)C. The first-order valence-corrected chi connectivity index (χ1v) is 27.4. The largest absolute Gasteiger partial charge is 0.381 e. The zero-order valence-corrected chi connectivity index (χ0v) is 47.7. The molecule has 0 heterocycles. The van der Waals surface area contributed by atoms with Crippen LogP contribution in [0.2, 0.25) is 0 Å². The molecule has 4 aromatic rings. The number of hydrogen-bond donors (Lipinski definition) is 0. The quantitative estimate of drug-likeness (QED) is 0.0250. The van der Waals surface area contributed by atoms with Gasteiger partial charge in [-0.25, -0.2) is 0 Å². The van der Waals surface area contributed by atoms with Gasteiger partial charge in [0.1, 0.15) is 0 Å². The van der Waals surface area contributed by atoms with E-state index in [1.54, 1.807) is 55.4 Å². The summed E-state index contributed by atoms with van der Waals surface area (Å²) in [5.41, 5.74) is 6.93. The van der Waals surface area contributed by atoms with Gasteiger partial charge >= 0.3 is 0 Å². The van der Waals surface area contributed by atoms with Gasteiger partial charge < -0.3 is 34.1 Å². The number of ether oxygens (including phenoxy) is 1. The molecule has 0 fully saturated rings. The van der Waals surface area contributed by atoms with Crippen molar-refractivity contribution >= 4 is 35.4 Å². The summed E-state index contributed by atoms with van der Waals surface area (Å²) in [6, 6.07) is 32.7. The van der Waals surface area contributed by atoms with Crippen molar-refractivity contribution in [2.24, 2.45) is 0 Å². The van der Waals surface area contributed by atoms with Crippen molar-refractivity contribution in [2.75, 3.05) is 59.0 Å². The maximum absolute atomic E-state index is 13.8. The zero-order chi connectivity index (χ0) is 59.1. The van der Waals surface area contributed by atoms with Gasteiger partial charge in [-0.3, -0.25) is 28.8 Å². The van der Waals surface area contributed by atoms with Gasteiger partial charge in [-0.2, -0.15) is 0 Å². The maximum atomic E-state index is 13.8. The van der Waals surface area contributed by atoms with Crippen LogP contribution in [0.15, 0.2) is 216 Å². The average molecular weight is 1100 g/mol. The van der Waals surface area contributed by atoms with Crippen LogP contribution in [-0.4, -0.2) is 124 Å². The Labute approximate surface area is 481 Å². The lowest BCUT2D eigenvalue weighted by atomic mass is 9.97. The van der Waals surface area contributed by atoms with Crippen molar-refractivity contribution in [1.82, 2.24) is 29.4 Å². The summed E-state index contributed by atoms with van der Waals surface area (Å²) in [7, 11) is 0. The number of rotatable bonds is 37. The Kier molecular flexibility index (Phi) is 28.1. The van der Waals surface area contributed by atoms with E-state index in [-0.39, 0.29) is 74.7 Å². The Balaban J connectivity index is 1.44. The molecular weight excluding hydrogens is 1010 g/mol. The van der Waals surface area contributed by atoms with Crippen molar-refractivity contribution < 1.29 is 33.5 Å². The van der Waals surface area contributed by atoms with E-state index >= 15 is 0 Å². The third-order valence-electron chi connectivity index (χ3n) is 13.3. The fraction of sp³-hybridized carbons (Fsp3) is 0.294. The Bertz CT molecular complexity index is 2890. The molecule has 0 aliphatic rings. The minimum absolute atomic E-state index is 0.0915. The van der Waals surface area contributed by atoms with Gasteiger partial charge in [0.25, 0.3) is 0 Å². The van der Waals surface area contributed by atoms with Crippen LogP contribution in [0, 0.1) is 0 Å². The maximum Gasteiger partial charge on any atom is 0.249 e. The average Bonchev–Trinajstić information content (AvgIpc) is 3.63. The van der Waals surface area contributed by atoms with E-state index in [9.17, 15) is 28.8 Å². The van der Waals surface area contributed by atoms with Gasteiger partial charge in [-0.1, -0.05) is 155 Å². The number of amides is 6. The number of benzene rings is 4. The molecule has 1 unspecified atom stereocenters. The molecule has 0 aromatic heterocycles. The van der Waals surface area contributed by atoms with Gasteiger partial charge in [-0.15, -0.1) is 13.2 Å². The van der Waals surface area contributed by atoms with Crippen molar-refractivity contribution in [1.29, 1.82) is 0 Å². The second kappa shape index (κ2) is 35.0. The molecule has 4 rings (SSSR count). The molecule has 4 aromatic carbocycles. The third-order valence-corrected chi connectivity index (χ3v) is 13.3. The van der Waals surface area contributed by atoms with Crippen molar-refractivity contribution in [3.05, 3.63) is 243 Å². The Hall–Kier alpha value is -8.68. The van der Waals surface area contributed by atoms with Crippen LogP contribution in [0.3, 0.4) is 0 Å². The highest BCUT2D eigenvalue weighted by Gasteiger charge is 2.27. The van der Waals surface area contributed by atoms with Gasteiger partial charge in [-0.05, 0) is 115 Å². The molecule has 0 aliphatic heterocycles. The normalized spacial score (nSPS) is 11.1. The van der Waals surface area contributed by atoms with Crippen LogP contribution in [0.1, 0.15) is 73.4 Å². The van der Waals surface area contributed by atoms with E-state index in [0.717, 1.165) is 64.6 Å². The Morgan fingerprint density at radius 2 is 0.914 bits per heavy atom. The topological polar surface area (TPSA) is 131 Å². The predicted molar refractivity (Wildman–Crippen MR) is 327 cm³/mol. The lowest BCUT2D eigenvalue weighted by Crippen LogP contribution is -2.40. The summed E-state index contributed by atoms with van der Waals surface area (Å²) in [6.45, 7) is 38.3. The summed E-state index contributed by atoms with van der Waals surface area (Å²) in [6.07, 6.45) is 15.3. The van der Waals surface area contributed by atoms with E-state index in [1.807, 2.05) is 109 Å². The summed E-state index contributed by atoms with van der Waals surface area (Å²) in [4.78, 5) is 89.6. The van der Waals surface area contributed by atoms with Crippen LogP contribution in [0.5, 0.6) is 0 Å². The molecule has 0 N–H and O–H groups in total. The van der Waals surface area contributed by atoms with Crippen LogP contribution in [0.25, 0.3) is 11.1 Å². The molecule has 6 amide bonds. The fourth-order valence-corrected chi connectivity index (χ4v) is 9.12. The van der Waals surface area contributed by atoms with Gasteiger partial charge in [0.05, 0.1) is 6.04 Å². The van der Waals surface area contributed by atoms with E-state index in [1.165, 1.54) is 24.3 Å². The van der Waals surface area contributed by atoms with Gasteiger partial charge in [0.15, 0.2) is 0 Å². The zero-order valence-electron chi connectivity index (χ0n) is 47.7. The lowest BCUT2D eigenvalue weighted by molar-refractivity contribution is -0.130.